The zero-order valence-corrected chi connectivity index (χ0v) is 8.89. The van der Waals surface area contributed by atoms with E-state index in [1.807, 2.05) is 12.1 Å². The number of rotatable bonds is 3. The minimum atomic E-state index is -0.753. The third kappa shape index (κ3) is 2.31. The van der Waals surface area contributed by atoms with Crippen molar-refractivity contribution in [1.82, 2.24) is 0 Å². The second-order valence-corrected chi connectivity index (χ2v) is 4.60. The quantitative estimate of drug-likeness (QED) is 0.810. The summed E-state index contributed by atoms with van der Waals surface area (Å²) in [4.78, 5) is 12.9. The molecular formula is C10H14O2S. The molecule has 1 heterocycles. The zero-order valence-electron chi connectivity index (χ0n) is 8.07. The smallest absolute Gasteiger partial charge is 0.311 e. The van der Waals surface area contributed by atoms with Crippen LogP contribution in [0.4, 0.5) is 0 Å². The number of carboxylic acids is 1. The van der Waals surface area contributed by atoms with Crippen LogP contribution in [-0.4, -0.2) is 11.1 Å². The Balaban J connectivity index is 2.85. The van der Waals surface area contributed by atoms with Crippen molar-refractivity contribution in [1.29, 1.82) is 0 Å². The molecule has 0 bridgehead atoms. The summed E-state index contributed by atoms with van der Waals surface area (Å²) in [7, 11) is 0. The molecule has 1 aromatic heterocycles. The molecule has 1 atom stereocenters. The maximum Gasteiger partial charge on any atom is 0.311 e. The largest absolute Gasteiger partial charge is 0.481 e. The van der Waals surface area contributed by atoms with Gasteiger partial charge in [-0.15, -0.1) is 11.3 Å². The van der Waals surface area contributed by atoms with Gasteiger partial charge in [0, 0.05) is 9.75 Å². The first-order valence-electron chi connectivity index (χ1n) is 4.34. The Bertz CT molecular complexity index is 302. The van der Waals surface area contributed by atoms with E-state index >= 15 is 0 Å². The Morgan fingerprint density at radius 2 is 1.85 bits per heavy atom. The molecule has 0 spiro atoms. The predicted molar refractivity (Wildman–Crippen MR) is 54.5 cm³/mol. The van der Waals surface area contributed by atoms with E-state index in [0.717, 1.165) is 4.88 Å². The highest BCUT2D eigenvalue weighted by atomic mass is 32.1. The first-order chi connectivity index (χ1) is 6.02. The first-order valence-corrected chi connectivity index (χ1v) is 5.16. The van der Waals surface area contributed by atoms with E-state index in [-0.39, 0.29) is 5.92 Å². The van der Waals surface area contributed by atoms with E-state index in [0.29, 0.717) is 5.92 Å². The van der Waals surface area contributed by atoms with Crippen LogP contribution < -0.4 is 0 Å². The van der Waals surface area contributed by atoms with Crippen LogP contribution in [0.15, 0.2) is 12.1 Å². The molecule has 72 valence electrons. The molecule has 1 N–H and O–H groups in total. The lowest BCUT2D eigenvalue weighted by Crippen LogP contribution is -2.05. The summed E-state index contributed by atoms with van der Waals surface area (Å²) >= 11 is 1.60. The Morgan fingerprint density at radius 3 is 2.23 bits per heavy atom. The molecule has 0 saturated heterocycles. The first kappa shape index (κ1) is 10.3. The number of hydrogen-bond acceptors (Lipinski definition) is 2. The van der Waals surface area contributed by atoms with Crippen LogP contribution in [0.5, 0.6) is 0 Å². The van der Waals surface area contributed by atoms with E-state index in [1.165, 1.54) is 4.88 Å². The highest BCUT2D eigenvalue weighted by Gasteiger charge is 2.16. The lowest BCUT2D eigenvalue weighted by Gasteiger charge is -2.02. The predicted octanol–water partition coefficient (Wildman–Crippen LogP) is 3.06. The van der Waals surface area contributed by atoms with Gasteiger partial charge in [0.15, 0.2) is 0 Å². The normalized spacial score (nSPS) is 13.2. The Labute approximate surface area is 82.2 Å². The van der Waals surface area contributed by atoms with Crippen LogP contribution >= 0.6 is 11.3 Å². The monoisotopic (exact) mass is 198 g/mol. The summed E-state index contributed by atoms with van der Waals surface area (Å²) in [6, 6.07) is 3.93. The summed E-state index contributed by atoms with van der Waals surface area (Å²) in [6.45, 7) is 5.94. The Kier molecular flexibility index (Phi) is 3.09. The van der Waals surface area contributed by atoms with Gasteiger partial charge in [-0.1, -0.05) is 13.8 Å². The van der Waals surface area contributed by atoms with Crippen LogP contribution in [0.2, 0.25) is 0 Å². The molecule has 0 radical (unpaired) electrons. The molecule has 13 heavy (non-hydrogen) atoms. The van der Waals surface area contributed by atoms with Crippen LogP contribution in [0.1, 0.15) is 42.4 Å². The van der Waals surface area contributed by atoms with Crippen molar-refractivity contribution in [2.75, 3.05) is 0 Å². The van der Waals surface area contributed by atoms with Gasteiger partial charge in [-0.3, -0.25) is 4.79 Å². The molecule has 2 nitrogen and oxygen atoms in total. The van der Waals surface area contributed by atoms with Crippen molar-refractivity contribution in [2.24, 2.45) is 0 Å². The van der Waals surface area contributed by atoms with Crippen LogP contribution in [-0.2, 0) is 4.79 Å². The van der Waals surface area contributed by atoms with Crippen LogP contribution in [0.25, 0.3) is 0 Å². The fraction of sp³-hybridized carbons (Fsp3) is 0.500. The molecule has 1 rings (SSSR count). The third-order valence-corrected chi connectivity index (χ3v) is 3.58. The van der Waals surface area contributed by atoms with E-state index in [4.69, 9.17) is 5.11 Å². The highest BCUT2D eigenvalue weighted by Crippen LogP contribution is 2.29. The zero-order chi connectivity index (χ0) is 10.0. The fourth-order valence-corrected chi connectivity index (χ4v) is 2.09. The summed E-state index contributed by atoms with van der Waals surface area (Å²) in [5, 5.41) is 8.79. The van der Waals surface area contributed by atoms with E-state index < -0.39 is 5.97 Å². The van der Waals surface area contributed by atoms with Crippen LogP contribution in [0, 0.1) is 0 Å². The minimum absolute atomic E-state index is 0.377. The van der Waals surface area contributed by atoms with Gasteiger partial charge in [0.05, 0.1) is 5.92 Å². The molecule has 0 aromatic carbocycles. The second kappa shape index (κ2) is 3.92. The number of carbonyl (C=O) groups is 1. The van der Waals surface area contributed by atoms with Crippen molar-refractivity contribution < 1.29 is 9.90 Å². The molecule has 0 aliphatic heterocycles. The van der Waals surface area contributed by atoms with Crippen molar-refractivity contribution in [3.05, 3.63) is 21.9 Å². The number of thiophene rings is 1. The van der Waals surface area contributed by atoms with Crippen molar-refractivity contribution in [3.8, 4) is 0 Å². The number of hydrogen-bond donors (Lipinski definition) is 1. The van der Waals surface area contributed by atoms with Gasteiger partial charge in [0.25, 0.3) is 0 Å². The lowest BCUT2D eigenvalue weighted by atomic mass is 10.1. The van der Waals surface area contributed by atoms with E-state index in [2.05, 4.69) is 13.8 Å². The maximum absolute atomic E-state index is 10.7. The number of carboxylic acid groups (broad SMARTS) is 1. The third-order valence-electron chi connectivity index (χ3n) is 2.01. The summed E-state index contributed by atoms with van der Waals surface area (Å²) < 4.78 is 0. The second-order valence-electron chi connectivity index (χ2n) is 3.45. The van der Waals surface area contributed by atoms with Gasteiger partial charge in [0.1, 0.15) is 0 Å². The average molecular weight is 198 g/mol. The van der Waals surface area contributed by atoms with Gasteiger partial charge in [0.2, 0.25) is 0 Å². The van der Waals surface area contributed by atoms with E-state index in [1.54, 1.807) is 18.3 Å². The molecule has 0 saturated carbocycles. The highest BCUT2D eigenvalue weighted by molar-refractivity contribution is 7.12. The fourth-order valence-electron chi connectivity index (χ4n) is 1.03. The number of aliphatic carboxylic acids is 1. The minimum Gasteiger partial charge on any atom is -0.481 e. The molecule has 1 aromatic rings. The molecule has 0 aliphatic rings. The molecular weight excluding hydrogens is 184 g/mol. The Hall–Kier alpha value is -0.830. The topological polar surface area (TPSA) is 37.3 Å². The van der Waals surface area contributed by atoms with Gasteiger partial charge in [-0.05, 0) is 25.0 Å². The van der Waals surface area contributed by atoms with Gasteiger partial charge in [-0.25, -0.2) is 0 Å². The molecule has 1 unspecified atom stereocenters. The molecule has 0 amide bonds. The molecule has 3 heteroatoms. The van der Waals surface area contributed by atoms with Gasteiger partial charge >= 0.3 is 5.97 Å². The van der Waals surface area contributed by atoms with Crippen molar-refractivity contribution in [3.63, 3.8) is 0 Å². The molecule has 0 aliphatic carbocycles. The SMILES string of the molecule is CC(C)c1ccc(C(C)C(=O)O)s1. The van der Waals surface area contributed by atoms with Crippen molar-refractivity contribution >= 4 is 17.3 Å². The van der Waals surface area contributed by atoms with E-state index in [9.17, 15) is 4.79 Å². The summed E-state index contributed by atoms with van der Waals surface area (Å²) in [5.74, 6) is -0.644. The lowest BCUT2D eigenvalue weighted by molar-refractivity contribution is -0.138. The maximum atomic E-state index is 10.7. The summed E-state index contributed by atoms with van der Waals surface area (Å²) in [6.07, 6.45) is 0. The standard InChI is InChI=1S/C10H14O2S/c1-6(2)8-4-5-9(13-8)7(3)10(11)12/h4-7H,1-3H3,(H,11,12). The molecule has 0 fully saturated rings. The van der Waals surface area contributed by atoms with Crippen LogP contribution in [0.3, 0.4) is 0 Å². The van der Waals surface area contributed by atoms with Gasteiger partial charge in [-0.2, -0.15) is 0 Å². The summed E-state index contributed by atoms with van der Waals surface area (Å²) in [5.41, 5.74) is 0. The van der Waals surface area contributed by atoms with Gasteiger partial charge < -0.3 is 5.11 Å². The van der Waals surface area contributed by atoms with Crippen molar-refractivity contribution in [2.45, 2.75) is 32.6 Å². The average Bonchev–Trinajstić information content (AvgIpc) is 2.50. The Morgan fingerprint density at radius 1 is 1.31 bits per heavy atom.